The number of hydrogen-bond donors (Lipinski definition) is 0. The molecule has 0 heterocycles. The molecule has 0 saturated carbocycles. The SMILES string of the molecule is CCC(C)(C)C(=O)C(C)C(C)C. The zero-order valence-electron chi connectivity index (χ0n) is 9.27. The van der Waals surface area contributed by atoms with Crippen LogP contribution in [0.1, 0.15) is 48.0 Å². The van der Waals surface area contributed by atoms with E-state index in [2.05, 4.69) is 20.8 Å². The number of rotatable bonds is 4. The van der Waals surface area contributed by atoms with Gasteiger partial charge in [-0.15, -0.1) is 0 Å². The highest BCUT2D eigenvalue weighted by molar-refractivity contribution is 5.86. The Balaban J connectivity index is 4.39. The molecule has 0 bridgehead atoms. The van der Waals surface area contributed by atoms with Crippen molar-refractivity contribution in [2.45, 2.75) is 48.0 Å². The third kappa shape index (κ3) is 2.62. The van der Waals surface area contributed by atoms with Crippen LogP contribution >= 0.6 is 0 Å². The zero-order valence-corrected chi connectivity index (χ0v) is 9.27. The van der Waals surface area contributed by atoms with E-state index in [0.29, 0.717) is 11.7 Å². The molecule has 0 spiro atoms. The summed E-state index contributed by atoms with van der Waals surface area (Å²) in [6.45, 7) is 12.4. The molecule has 1 nitrogen and oxygen atoms in total. The van der Waals surface area contributed by atoms with Crippen molar-refractivity contribution in [2.24, 2.45) is 17.3 Å². The molecule has 1 atom stereocenters. The van der Waals surface area contributed by atoms with Gasteiger partial charge in [-0.3, -0.25) is 4.79 Å². The lowest BCUT2D eigenvalue weighted by Gasteiger charge is -2.26. The summed E-state index contributed by atoms with van der Waals surface area (Å²) in [4.78, 5) is 11.8. The molecule has 0 N–H and O–H groups in total. The van der Waals surface area contributed by atoms with Crippen LogP contribution in [0.2, 0.25) is 0 Å². The van der Waals surface area contributed by atoms with Crippen molar-refractivity contribution >= 4 is 5.78 Å². The lowest BCUT2D eigenvalue weighted by Crippen LogP contribution is -2.31. The number of carbonyl (C=O) groups excluding carboxylic acids is 1. The van der Waals surface area contributed by atoms with E-state index < -0.39 is 0 Å². The van der Waals surface area contributed by atoms with Crippen LogP contribution in [0, 0.1) is 17.3 Å². The Morgan fingerprint density at radius 3 is 1.92 bits per heavy atom. The van der Waals surface area contributed by atoms with E-state index in [1.807, 2.05) is 20.8 Å². The number of carbonyl (C=O) groups is 1. The van der Waals surface area contributed by atoms with Crippen LogP contribution in [0.4, 0.5) is 0 Å². The molecule has 0 fully saturated rings. The first kappa shape index (κ1) is 11.7. The molecule has 0 aromatic heterocycles. The third-order valence-corrected chi connectivity index (χ3v) is 2.96. The van der Waals surface area contributed by atoms with Gasteiger partial charge in [-0.25, -0.2) is 0 Å². The molecule has 0 aliphatic heterocycles. The maximum Gasteiger partial charge on any atom is 0.141 e. The highest BCUT2D eigenvalue weighted by atomic mass is 16.1. The molecule has 1 unspecified atom stereocenters. The minimum absolute atomic E-state index is 0.135. The monoisotopic (exact) mass is 170 g/mol. The van der Waals surface area contributed by atoms with Gasteiger partial charge in [0.05, 0.1) is 0 Å². The molecular weight excluding hydrogens is 148 g/mol. The highest BCUT2D eigenvalue weighted by Gasteiger charge is 2.30. The van der Waals surface area contributed by atoms with Gasteiger partial charge in [-0.05, 0) is 12.3 Å². The van der Waals surface area contributed by atoms with Gasteiger partial charge >= 0.3 is 0 Å². The van der Waals surface area contributed by atoms with Crippen LogP contribution in [-0.4, -0.2) is 5.78 Å². The van der Waals surface area contributed by atoms with Crippen molar-refractivity contribution < 1.29 is 4.79 Å². The van der Waals surface area contributed by atoms with Crippen molar-refractivity contribution in [1.82, 2.24) is 0 Å². The van der Waals surface area contributed by atoms with Crippen molar-refractivity contribution in [3.63, 3.8) is 0 Å². The Kier molecular flexibility index (Phi) is 3.95. The topological polar surface area (TPSA) is 17.1 Å². The fraction of sp³-hybridized carbons (Fsp3) is 0.909. The molecule has 0 aromatic rings. The van der Waals surface area contributed by atoms with Gasteiger partial charge in [-0.2, -0.15) is 0 Å². The summed E-state index contributed by atoms with van der Waals surface area (Å²) >= 11 is 0. The molecular formula is C11H22O. The number of ketones is 1. The Labute approximate surface area is 76.6 Å². The van der Waals surface area contributed by atoms with Crippen LogP contribution < -0.4 is 0 Å². The normalized spacial score (nSPS) is 14.9. The number of hydrogen-bond acceptors (Lipinski definition) is 1. The van der Waals surface area contributed by atoms with E-state index in [0.717, 1.165) is 6.42 Å². The van der Waals surface area contributed by atoms with E-state index >= 15 is 0 Å². The second-order valence-electron chi connectivity index (χ2n) is 4.63. The minimum Gasteiger partial charge on any atom is -0.299 e. The molecule has 72 valence electrons. The van der Waals surface area contributed by atoms with E-state index in [1.54, 1.807) is 0 Å². The lowest BCUT2D eigenvalue weighted by molar-refractivity contribution is -0.132. The minimum atomic E-state index is -0.135. The van der Waals surface area contributed by atoms with Gasteiger partial charge in [0, 0.05) is 11.3 Å². The zero-order chi connectivity index (χ0) is 9.94. The molecule has 0 rings (SSSR count). The first-order chi connectivity index (χ1) is 5.33. The van der Waals surface area contributed by atoms with Gasteiger partial charge in [0.25, 0.3) is 0 Å². The van der Waals surface area contributed by atoms with Crippen LogP contribution in [0.5, 0.6) is 0 Å². The summed E-state index contributed by atoms with van der Waals surface area (Å²) in [5.41, 5.74) is -0.135. The van der Waals surface area contributed by atoms with Crippen molar-refractivity contribution in [3.05, 3.63) is 0 Å². The Bertz CT molecular complexity index is 156. The summed E-state index contributed by atoms with van der Waals surface area (Å²) in [7, 11) is 0. The van der Waals surface area contributed by atoms with Gasteiger partial charge in [0.1, 0.15) is 5.78 Å². The van der Waals surface area contributed by atoms with E-state index in [1.165, 1.54) is 0 Å². The average Bonchev–Trinajstić information content (AvgIpc) is 2.01. The molecule has 1 heteroatoms. The van der Waals surface area contributed by atoms with Crippen molar-refractivity contribution in [1.29, 1.82) is 0 Å². The standard InChI is InChI=1S/C11H22O/c1-7-11(5,6)10(12)9(4)8(2)3/h8-9H,7H2,1-6H3. The smallest absolute Gasteiger partial charge is 0.141 e. The Morgan fingerprint density at radius 2 is 1.67 bits per heavy atom. The summed E-state index contributed by atoms with van der Waals surface area (Å²) in [6, 6.07) is 0. The maximum atomic E-state index is 11.8. The van der Waals surface area contributed by atoms with Crippen molar-refractivity contribution in [2.75, 3.05) is 0 Å². The lowest BCUT2D eigenvalue weighted by atomic mass is 9.76. The Morgan fingerprint density at radius 1 is 1.25 bits per heavy atom. The van der Waals surface area contributed by atoms with Gasteiger partial charge in [-0.1, -0.05) is 41.5 Å². The van der Waals surface area contributed by atoms with Crippen LogP contribution in [0.3, 0.4) is 0 Å². The molecule has 0 aliphatic carbocycles. The largest absolute Gasteiger partial charge is 0.299 e. The third-order valence-electron chi connectivity index (χ3n) is 2.96. The predicted octanol–water partition coefficient (Wildman–Crippen LogP) is 3.28. The summed E-state index contributed by atoms with van der Waals surface area (Å²) < 4.78 is 0. The average molecular weight is 170 g/mol. The fourth-order valence-corrected chi connectivity index (χ4v) is 1.09. The highest BCUT2D eigenvalue weighted by Crippen LogP contribution is 2.28. The van der Waals surface area contributed by atoms with Gasteiger partial charge in [0.2, 0.25) is 0 Å². The first-order valence-electron chi connectivity index (χ1n) is 4.87. The summed E-state index contributed by atoms with van der Waals surface area (Å²) in [6.07, 6.45) is 0.933. The second-order valence-corrected chi connectivity index (χ2v) is 4.63. The summed E-state index contributed by atoms with van der Waals surface area (Å²) in [5.74, 6) is 1.06. The number of Topliss-reactive ketones (excluding diaryl/α,β-unsaturated/α-hetero) is 1. The van der Waals surface area contributed by atoms with Crippen molar-refractivity contribution in [3.8, 4) is 0 Å². The van der Waals surface area contributed by atoms with Gasteiger partial charge in [0.15, 0.2) is 0 Å². The predicted molar refractivity (Wildman–Crippen MR) is 53.1 cm³/mol. The van der Waals surface area contributed by atoms with Crippen LogP contribution in [0.15, 0.2) is 0 Å². The van der Waals surface area contributed by atoms with Crippen LogP contribution in [0.25, 0.3) is 0 Å². The molecule has 0 aliphatic rings. The quantitative estimate of drug-likeness (QED) is 0.632. The van der Waals surface area contributed by atoms with E-state index in [-0.39, 0.29) is 11.3 Å². The fourth-order valence-electron chi connectivity index (χ4n) is 1.09. The molecule has 0 aromatic carbocycles. The molecule has 0 radical (unpaired) electrons. The second kappa shape index (κ2) is 4.06. The first-order valence-corrected chi connectivity index (χ1v) is 4.87. The van der Waals surface area contributed by atoms with Crippen LogP contribution in [-0.2, 0) is 4.79 Å². The molecule has 0 amide bonds. The van der Waals surface area contributed by atoms with E-state index in [9.17, 15) is 4.79 Å². The molecule has 0 saturated heterocycles. The Hall–Kier alpha value is -0.330. The summed E-state index contributed by atoms with van der Waals surface area (Å²) in [5, 5.41) is 0. The van der Waals surface area contributed by atoms with E-state index in [4.69, 9.17) is 0 Å². The molecule has 12 heavy (non-hydrogen) atoms. The maximum absolute atomic E-state index is 11.8. The van der Waals surface area contributed by atoms with Gasteiger partial charge < -0.3 is 0 Å².